The van der Waals surface area contributed by atoms with E-state index in [1.54, 1.807) is 38.0 Å². The lowest BCUT2D eigenvalue weighted by atomic mass is 9.94. The van der Waals surface area contributed by atoms with Gasteiger partial charge >= 0.3 is 5.97 Å². The summed E-state index contributed by atoms with van der Waals surface area (Å²) in [4.78, 5) is 40.4. The fourth-order valence-electron chi connectivity index (χ4n) is 3.76. The lowest BCUT2D eigenvalue weighted by Crippen LogP contribution is -2.43. The van der Waals surface area contributed by atoms with Crippen LogP contribution in [0.25, 0.3) is 0 Å². The number of amides is 2. The molecule has 3 rings (SSSR count). The van der Waals surface area contributed by atoms with E-state index in [1.807, 2.05) is 29.6 Å². The summed E-state index contributed by atoms with van der Waals surface area (Å²) in [6.45, 7) is 4.67. The van der Waals surface area contributed by atoms with Crippen LogP contribution in [-0.2, 0) is 14.3 Å². The van der Waals surface area contributed by atoms with Crippen molar-refractivity contribution in [3.63, 3.8) is 0 Å². The summed E-state index contributed by atoms with van der Waals surface area (Å²) in [5, 5.41) is 4.92. The van der Waals surface area contributed by atoms with E-state index >= 15 is 0 Å². The first kappa shape index (κ1) is 23.8. The van der Waals surface area contributed by atoms with E-state index in [0.29, 0.717) is 31.7 Å². The third-order valence-electron chi connectivity index (χ3n) is 5.46. The maximum Gasteiger partial charge on any atom is 0.308 e. The largest absolute Gasteiger partial charge is 0.497 e. The summed E-state index contributed by atoms with van der Waals surface area (Å²) in [5.74, 6) is 0.0471. The standard InChI is InChI=1S/C24H30N2O5S/c1-16(2)31-22(27)15-20(17-6-8-19(30-3)9-7-17)25-23(28)18-10-12-26(13-11-18)24(29)21-5-4-14-32-21/h4-9,14,16,18,20H,10-13,15H2,1-3H3,(H,25,28)/t20-/m0/s1. The SMILES string of the molecule is COc1ccc([C@H](CC(=O)OC(C)C)NC(=O)C2CCN(C(=O)c3cccs3)CC2)cc1. The molecule has 7 nitrogen and oxygen atoms in total. The molecule has 0 bridgehead atoms. The number of hydrogen-bond acceptors (Lipinski definition) is 6. The molecule has 0 radical (unpaired) electrons. The number of esters is 1. The predicted molar refractivity (Wildman–Crippen MR) is 123 cm³/mol. The van der Waals surface area contributed by atoms with Gasteiger partial charge in [-0.1, -0.05) is 18.2 Å². The van der Waals surface area contributed by atoms with Gasteiger partial charge in [0.05, 0.1) is 30.6 Å². The fraction of sp³-hybridized carbons (Fsp3) is 0.458. The summed E-state index contributed by atoms with van der Waals surface area (Å²) in [6.07, 6.45) is 1.01. The number of nitrogens with one attached hydrogen (secondary N) is 1. The summed E-state index contributed by atoms with van der Waals surface area (Å²) in [5.41, 5.74) is 0.810. The lowest BCUT2D eigenvalue weighted by molar-refractivity contribution is -0.148. The van der Waals surface area contributed by atoms with Crippen LogP contribution in [0.4, 0.5) is 0 Å². The molecule has 2 amide bonds. The highest BCUT2D eigenvalue weighted by Crippen LogP contribution is 2.25. The number of ether oxygens (including phenoxy) is 2. The number of likely N-dealkylation sites (tertiary alicyclic amines) is 1. The zero-order valence-electron chi connectivity index (χ0n) is 18.7. The molecule has 2 heterocycles. The van der Waals surface area contributed by atoms with Crippen LogP contribution in [0.3, 0.4) is 0 Å². The van der Waals surface area contributed by atoms with Crippen molar-refractivity contribution in [2.24, 2.45) is 5.92 Å². The first-order valence-corrected chi connectivity index (χ1v) is 11.7. The minimum Gasteiger partial charge on any atom is -0.497 e. The van der Waals surface area contributed by atoms with Gasteiger partial charge in [-0.25, -0.2) is 0 Å². The van der Waals surface area contributed by atoms with Crippen molar-refractivity contribution < 1.29 is 23.9 Å². The number of carbonyl (C=O) groups excluding carboxylic acids is 3. The molecule has 0 spiro atoms. The van der Waals surface area contributed by atoms with E-state index in [0.717, 1.165) is 10.4 Å². The van der Waals surface area contributed by atoms with E-state index in [4.69, 9.17) is 9.47 Å². The van der Waals surface area contributed by atoms with Crippen LogP contribution in [0.5, 0.6) is 5.75 Å². The molecule has 1 saturated heterocycles. The Labute approximate surface area is 192 Å². The molecule has 0 unspecified atom stereocenters. The number of nitrogens with zero attached hydrogens (tertiary/aromatic N) is 1. The van der Waals surface area contributed by atoms with Crippen molar-refractivity contribution in [2.45, 2.75) is 45.3 Å². The van der Waals surface area contributed by atoms with Crippen LogP contribution in [0.1, 0.15) is 54.4 Å². The van der Waals surface area contributed by atoms with Crippen molar-refractivity contribution >= 4 is 29.1 Å². The Bertz CT molecular complexity index is 903. The molecule has 1 aromatic carbocycles. The summed E-state index contributed by atoms with van der Waals surface area (Å²) >= 11 is 1.43. The van der Waals surface area contributed by atoms with Gasteiger partial charge in [0.2, 0.25) is 5.91 Å². The maximum absolute atomic E-state index is 13.0. The zero-order chi connectivity index (χ0) is 23.1. The third kappa shape index (κ3) is 6.32. The molecule has 1 aromatic heterocycles. The van der Waals surface area contributed by atoms with E-state index < -0.39 is 6.04 Å². The van der Waals surface area contributed by atoms with Crippen molar-refractivity contribution in [3.8, 4) is 5.75 Å². The predicted octanol–water partition coefficient (Wildman–Crippen LogP) is 3.81. The number of piperidine rings is 1. The number of methoxy groups -OCH3 is 1. The van der Waals surface area contributed by atoms with Gasteiger partial charge in [0.1, 0.15) is 5.75 Å². The Morgan fingerprint density at radius 3 is 2.38 bits per heavy atom. The topological polar surface area (TPSA) is 84.9 Å². The second-order valence-electron chi connectivity index (χ2n) is 8.12. The van der Waals surface area contributed by atoms with Gasteiger partial charge < -0.3 is 19.7 Å². The van der Waals surface area contributed by atoms with Crippen molar-refractivity contribution in [1.82, 2.24) is 10.2 Å². The Morgan fingerprint density at radius 1 is 1.12 bits per heavy atom. The Kier molecular flexibility index (Phi) is 8.27. The first-order chi connectivity index (χ1) is 15.4. The monoisotopic (exact) mass is 458 g/mol. The average molecular weight is 459 g/mol. The van der Waals surface area contributed by atoms with Crippen molar-refractivity contribution in [3.05, 3.63) is 52.2 Å². The van der Waals surface area contributed by atoms with Gasteiger partial charge in [0.15, 0.2) is 0 Å². The van der Waals surface area contributed by atoms with Crippen LogP contribution in [-0.4, -0.2) is 49.0 Å². The van der Waals surface area contributed by atoms with Crippen LogP contribution >= 0.6 is 11.3 Å². The van der Waals surface area contributed by atoms with Crippen molar-refractivity contribution in [1.29, 1.82) is 0 Å². The Morgan fingerprint density at radius 2 is 1.81 bits per heavy atom. The van der Waals surface area contributed by atoms with E-state index in [2.05, 4.69) is 5.32 Å². The number of carbonyl (C=O) groups is 3. The number of rotatable bonds is 8. The van der Waals surface area contributed by atoms with Gasteiger partial charge in [0.25, 0.3) is 5.91 Å². The molecule has 32 heavy (non-hydrogen) atoms. The molecule has 2 aromatic rings. The van der Waals surface area contributed by atoms with Crippen LogP contribution in [0, 0.1) is 5.92 Å². The highest BCUT2D eigenvalue weighted by Gasteiger charge is 2.30. The normalized spacial score (nSPS) is 15.3. The molecule has 1 atom stereocenters. The highest BCUT2D eigenvalue weighted by molar-refractivity contribution is 7.12. The first-order valence-electron chi connectivity index (χ1n) is 10.8. The van der Waals surface area contributed by atoms with Gasteiger partial charge in [-0.05, 0) is 55.8 Å². The molecule has 0 aliphatic carbocycles. The number of hydrogen-bond donors (Lipinski definition) is 1. The Hall–Kier alpha value is -2.87. The second kappa shape index (κ2) is 11.1. The lowest BCUT2D eigenvalue weighted by Gasteiger charge is -2.32. The minimum absolute atomic E-state index is 0.0198. The van der Waals surface area contributed by atoms with Gasteiger partial charge in [-0.15, -0.1) is 11.3 Å². The molecule has 1 aliphatic heterocycles. The number of thiophene rings is 1. The molecular formula is C24H30N2O5S. The molecular weight excluding hydrogens is 428 g/mol. The van der Waals surface area contributed by atoms with E-state index in [-0.39, 0.29) is 36.2 Å². The summed E-state index contributed by atoms with van der Waals surface area (Å²) in [7, 11) is 1.59. The highest BCUT2D eigenvalue weighted by atomic mass is 32.1. The molecule has 1 N–H and O–H groups in total. The molecule has 1 aliphatic rings. The molecule has 1 fully saturated rings. The van der Waals surface area contributed by atoms with Crippen LogP contribution in [0.15, 0.2) is 41.8 Å². The summed E-state index contributed by atoms with van der Waals surface area (Å²) < 4.78 is 10.5. The van der Waals surface area contributed by atoms with E-state index in [9.17, 15) is 14.4 Å². The van der Waals surface area contributed by atoms with Gasteiger partial charge in [-0.2, -0.15) is 0 Å². The minimum atomic E-state index is -0.495. The van der Waals surface area contributed by atoms with Crippen molar-refractivity contribution in [2.75, 3.05) is 20.2 Å². The molecule has 8 heteroatoms. The quantitative estimate of drug-likeness (QED) is 0.608. The van der Waals surface area contributed by atoms with Gasteiger partial charge in [-0.3, -0.25) is 14.4 Å². The van der Waals surface area contributed by atoms with E-state index in [1.165, 1.54) is 11.3 Å². The number of benzene rings is 1. The van der Waals surface area contributed by atoms with Gasteiger partial charge in [0, 0.05) is 19.0 Å². The maximum atomic E-state index is 13.0. The summed E-state index contributed by atoms with van der Waals surface area (Å²) in [6, 6.07) is 10.5. The Balaban J connectivity index is 1.62. The third-order valence-corrected chi connectivity index (χ3v) is 6.32. The molecule has 172 valence electrons. The average Bonchev–Trinajstić information content (AvgIpc) is 3.33. The van der Waals surface area contributed by atoms with Crippen LogP contribution in [0.2, 0.25) is 0 Å². The smallest absolute Gasteiger partial charge is 0.308 e. The second-order valence-corrected chi connectivity index (χ2v) is 9.07. The van der Waals surface area contributed by atoms with Crippen LogP contribution < -0.4 is 10.1 Å². The molecule has 0 saturated carbocycles. The fourth-order valence-corrected chi connectivity index (χ4v) is 4.45. The zero-order valence-corrected chi connectivity index (χ0v) is 19.5.